The highest BCUT2D eigenvalue weighted by atomic mass is 127. The number of ether oxygens (including phenoxy) is 1. The smallest absolute Gasteiger partial charge is 0.250 e. The Morgan fingerprint density at radius 3 is 2.66 bits per heavy atom. The summed E-state index contributed by atoms with van der Waals surface area (Å²) in [6, 6.07) is 12.2. The van der Waals surface area contributed by atoms with Gasteiger partial charge in [-0.25, -0.2) is 8.42 Å². The molecule has 3 aromatic rings. The second-order valence-corrected chi connectivity index (χ2v) is 11.9. The summed E-state index contributed by atoms with van der Waals surface area (Å²) in [6.07, 6.45) is 5.31. The Kier molecular flexibility index (Phi) is 7.62. The lowest BCUT2D eigenvalue weighted by molar-refractivity contribution is 0.100. The maximum atomic E-state index is 13.7. The number of pyridine rings is 1. The summed E-state index contributed by atoms with van der Waals surface area (Å²) in [7, 11) is -2.48. The van der Waals surface area contributed by atoms with Crippen LogP contribution in [0.5, 0.6) is 5.75 Å². The Morgan fingerprint density at radius 2 is 2.03 bits per heavy atom. The number of hydrogen-bond acceptors (Lipinski definition) is 6. The molecular formula is C25H27IN4O4S. The molecule has 184 valence electrons. The van der Waals surface area contributed by atoms with Crippen LogP contribution in [0, 0.1) is 16.4 Å². The molecule has 0 aliphatic heterocycles. The third-order valence-corrected chi connectivity index (χ3v) is 8.31. The Balaban J connectivity index is 1.81. The first-order valence-electron chi connectivity index (χ1n) is 11.1. The second kappa shape index (κ2) is 10.5. The van der Waals surface area contributed by atoms with E-state index in [0.717, 1.165) is 33.2 Å². The van der Waals surface area contributed by atoms with Crippen molar-refractivity contribution >= 4 is 49.9 Å². The molecule has 4 rings (SSSR count). The Bertz CT molecular complexity index is 1350. The van der Waals surface area contributed by atoms with Crippen LogP contribution in [0.25, 0.3) is 0 Å². The molecule has 0 spiro atoms. The maximum Gasteiger partial charge on any atom is 0.250 e. The van der Waals surface area contributed by atoms with Gasteiger partial charge in [0.25, 0.3) is 5.91 Å². The molecule has 0 atom stereocenters. The van der Waals surface area contributed by atoms with Gasteiger partial charge in [-0.1, -0.05) is 6.07 Å². The lowest BCUT2D eigenvalue weighted by Gasteiger charge is -2.23. The lowest BCUT2D eigenvalue weighted by Crippen LogP contribution is -2.28. The van der Waals surface area contributed by atoms with E-state index < -0.39 is 15.9 Å². The fourth-order valence-electron chi connectivity index (χ4n) is 3.63. The Labute approximate surface area is 219 Å². The van der Waals surface area contributed by atoms with Crippen molar-refractivity contribution in [3.05, 3.63) is 75.1 Å². The summed E-state index contributed by atoms with van der Waals surface area (Å²) in [6.45, 7) is 2.42. The average Bonchev–Trinajstić information content (AvgIpc) is 3.64. The van der Waals surface area contributed by atoms with E-state index in [9.17, 15) is 13.2 Å². The van der Waals surface area contributed by atoms with Crippen LogP contribution in [-0.2, 0) is 16.6 Å². The number of primary amides is 1. The predicted molar refractivity (Wildman–Crippen MR) is 143 cm³/mol. The van der Waals surface area contributed by atoms with Crippen LogP contribution in [0.3, 0.4) is 0 Å². The summed E-state index contributed by atoms with van der Waals surface area (Å²) >= 11 is 2.22. The van der Waals surface area contributed by atoms with Crippen molar-refractivity contribution in [1.82, 2.24) is 9.29 Å². The van der Waals surface area contributed by atoms with E-state index in [1.54, 1.807) is 18.5 Å². The van der Waals surface area contributed by atoms with Gasteiger partial charge in [0.15, 0.2) is 5.75 Å². The highest BCUT2D eigenvalue weighted by Gasteiger charge is 2.31. The molecule has 0 bridgehead atoms. The van der Waals surface area contributed by atoms with Gasteiger partial charge in [-0.05, 0) is 95.8 Å². The van der Waals surface area contributed by atoms with Gasteiger partial charge in [0.1, 0.15) is 4.90 Å². The number of halogens is 1. The molecule has 0 radical (unpaired) electrons. The van der Waals surface area contributed by atoms with Gasteiger partial charge < -0.3 is 15.8 Å². The SMILES string of the molecule is Cc1cc(I)ccc1Nc1c(C(N)=O)ccc(S(=O)(=O)N(C)Cc2cccnc2)c1OCC1CC1. The van der Waals surface area contributed by atoms with Crippen LogP contribution in [0.1, 0.15) is 34.3 Å². The van der Waals surface area contributed by atoms with Gasteiger partial charge >= 0.3 is 0 Å². The van der Waals surface area contributed by atoms with Crippen molar-refractivity contribution in [3.8, 4) is 5.75 Å². The molecular weight excluding hydrogens is 579 g/mol. The molecule has 1 aromatic heterocycles. The highest BCUT2D eigenvalue weighted by molar-refractivity contribution is 14.1. The number of anilines is 2. The number of benzene rings is 2. The van der Waals surface area contributed by atoms with Crippen molar-refractivity contribution in [1.29, 1.82) is 0 Å². The number of nitrogens with zero attached hydrogens (tertiary/aromatic N) is 2. The largest absolute Gasteiger partial charge is 0.490 e. The van der Waals surface area contributed by atoms with Crippen LogP contribution >= 0.6 is 22.6 Å². The van der Waals surface area contributed by atoms with Gasteiger partial charge in [0.05, 0.1) is 17.9 Å². The van der Waals surface area contributed by atoms with Gasteiger partial charge in [0.2, 0.25) is 10.0 Å². The minimum Gasteiger partial charge on any atom is -0.490 e. The summed E-state index contributed by atoms with van der Waals surface area (Å²) in [5.41, 5.74) is 8.50. The molecule has 10 heteroatoms. The predicted octanol–water partition coefficient (Wildman–Crippen LogP) is 4.45. The molecule has 1 amide bonds. The number of aryl methyl sites for hydroxylation is 1. The number of hydrogen-bond donors (Lipinski definition) is 2. The zero-order chi connectivity index (χ0) is 25.2. The number of nitrogens with two attached hydrogens (primary N) is 1. The average molecular weight is 606 g/mol. The Hall–Kier alpha value is -2.70. The minimum atomic E-state index is -3.98. The van der Waals surface area contributed by atoms with Crippen molar-refractivity contribution in [2.75, 3.05) is 19.0 Å². The van der Waals surface area contributed by atoms with E-state index in [0.29, 0.717) is 12.5 Å². The summed E-state index contributed by atoms with van der Waals surface area (Å²) in [4.78, 5) is 16.4. The van der Waals surface area contributed by atoms with E-state index in [1.807, 2.05) is 31.2 Å². The molecule has 1 heterocycles. The molecule has 3 N–H and O–H groups in total. The first-order chi connectivity index (χ1) is 16.7. The fraction of sp³-hybridized carbons (Fsp3) is 0.280. The number of aromatic nitrogens is 1. The van der Waals surface area contributed by atoms with Crippen molar-refractivity contribution in [3.63, 3.8) is 0 Å². The van der Waals surface area contributed by atoms with Crippen LogP contribution in [0.4, 0.5) is 11.4 Å². The normalized spacial score (nSPS) is 13.6. The van der Waals surface area contributed by atoms with Crippen molar-refractivity contribution in [2.45, 2.75) is 31.2 Å². The van der Waals surface area contributed by atoms with Crippen LogP contribution in [-0.4, -0.2) is 37.3 Å². The number of carbonyl (C=O) groups excluding carboxylic acids is 1. The summed E-state index contributed by atoms with van der Waals surface area (Å²) < 4.78 is 35.8. The van der Waals surface area contributed by atoms with Gasteiger partial charge in [-0.2, -0.15) is 4.31 Å². The summed E-state index contributed by atoms with van der Waals surface area (Å²) in [5, 5.41) is 3.24. The molecule has 0 saturated heterocycles. The minimum absolute atomic E-state index is 0.0276. The molecule has 1 aliphatic carbocycles. The third kappa shape index (κ3) is 5.93. The van der Waals surface area contributed by atoms with E-state index >= 15 is 0 Å². The molecule has 0 unspecified atom stereocenters. The number of sulfonamides is 1. The van der Waals surface area contributed by atoms with E-state index in [1.165, 1.54) is 23.5 Å². The van der Waals surface area contributed by atoms with Crippen LogP contribution < -0.4 is 15.8 Å². The standard InChI is InChI=1S/C25H27IN4O4S/c1-16-12-19(26)7-9-21(16)29-23-20(25(27)31)8-10-22(24(23)34-15-17-5-6-17)35(32,33)30(2)14-18-4-3-11-28-13-18/h3-4,7-13,17,29H,5-6,14-15H2,1-2H3,(H2,27,31). The van der Waals surface area contributed by atoms with Crippen LogP contribution in [0.2, 0.25) is 0 Å². The number of nitrogens with one attached hydrogen (secondary N) is 1. The number of rotatable bonds is 10. The zero-order valence-corrected chi connectivity index (χ0v) is 22.5. The fourth-order valence-corrected chi connectivity index (χ4v) is 5.57. The van der Waals surface area contributed by atoms with E-state index in [2.05, 4.69) is 32.9 Å². The molecule has 1 fully saturated rings. The first-order valence-corrected chi connectivity index (χ1v) is 13.7. The van der Waals surface area contributed by atoms with E-state index in [4.69, 9.17) is 10.5 Å². The van der Waals surface area contributed by atoms with Crippen molar-refractivity contribution < 1.29 is 17.9 Å². The van der Waals surface area contributed by atoms with Crippen molar-refractivity contribution in [2.24, 2.45) is 11.7 Å². The molecule has 1 saturated carbocycles. The molecule has 8 nitrogen and oxygen atoms in total. The topological polar surface area (TPSA) is 115 Å². The van der Waals surface area contributed by atoms with E-state index in [-0.39, 0.29) is 28.4 Å². The first kappa shape index (κ1) is 25.4. The monoisotopic (exact) mass is 606 g/mol. The van der Waals surface area contributed by atoms with Gasteiger partial charge in [-0.3, -0.25) is 9.78 Å². The van der Waals surface area contributed by atoms with Gasteiger partial charge in [-0.15, -0.1) is 0 Å². The quantitative estimate of drug-likeness (QED) is 0.330. The number of amides is 1. The molecule has 2 aromatic carbocycles. The zero-order valence-electron chi connectivity index (χ0n) is 19.5. The summed E-state index contributed by atoms with van der Waals surface area (Å²) in [5.74, 6) is -0.215. The molecule has 35 heavy (non-hydrogen) atoms. The van der Waals surface area contributed by atoms with Gasteiger partial charge in [0, 0.05) is 35.2 Å². The third-order valence-electron chi connectivity index (χ3n) is 5.81. The lowest BCUT2D eigenvalue weighted by atomic mass is 10.1. The number of carbonyl (C=O) groups is 1. The maximum absolute atomic E-state index is 13.7. The second-order valence-electron chi connectivity index (χ2n) is 8.64. The molecule has 1 aliphatic rings. The highest BCUT2D eigenvalue weighted by Crippen LogP contribution is 2.41. The van der Waals surface area contributed by atoms with Crippen LogP contribution in [0.15, 0.2) is 59.8 Å². The Morgan fingerprint density at radius 1 is 1.26 bits per heavy atom.